The summed E-state index contributed by atoms with van der Waals surface area (Å²) in [5.74, 6) is 0. The van der Waals surface area contributed by atoms with Gasteiger partial charge in [-0.1, -0.05) is 24.3 Å². The third kappa shape index (κ3) is 5.60. The lowest BCUT2D eigenvalue weighted by Crippen LogP contribution is -2.38. The van der Waals surface area contributed by atoms with Crippen LogP contribution in [0.2, 0.25) is 0 Å². The van der Waals surface area contributed by atoms with Crippen molar-refractivity contribution in [3.8, 4) is 0 Å². The summed E-state index contributed by atoms with van der Waals surface area (Å²) in [6, 6.07) is 7.58. The summed E-state index contributed by atoms with van der Waals surface area (Å²) in [6.07, 6.45) is 0. The van der Waals surface area contributed by atoms with E-state index in [1.165, 1.54) is 0 Å². The lowest BCUT2D eigenvalue weighted by molar-refractivity contribution is 0.0705. The van der Waals surface area contributed by atoms with Gasteiger partial charge in [0.15, 0.2) is 0 Å². The topological polar surface area (TPSA) is 62.2 Å². The first-order valence-electron chi connectivity index (χ1n) is 6.75. The SMILES string of the molecule is COCCN(Cc1cccc(B(O)O)c1)C(C)COC. The maximum absolute atomic E-state index is 9.22. The Morgan fingerprint density at radius 3 is 2.60 bits per heavy atom. The van der Waals surface area contributed by atoms with Crippen LogP contribution in [0.1, 0.15) is 12.5 Å². The van der Waals surface area contributed by atoms with Gasteiger partial charge in [-0.15, -0.1) is 0 Å². The molecule has 5 nitrogen and oxygen atoms in total. The summed E-state index contributed by atoms with van der Waals surface area (Å²) in [5, 5.41) is 18.4. The number of hydrogen-bond donors (Lipinski definition) is 2. The van der Waals surface area contributed by atoms with Gasteiger partial charge in [-0.2, -0.15) is 0 Å². The number of nitrogens with zero attached hydrogens (tertiary/aromatic N) is 1. The molecule has 1 rings (SSSR count). The Morgan fingerprint density at radius 2 is 2.00 bits per heavy atom. The zero-order chi connectivity index (χ0) is 15.0. The molecule has 0 radical (unpaired) electrons. The fraction of sp³-hybridized carbons (Fsp3) is 0.571. The number of rotatable bonds is 9. The van der Waals surface area contributed by atoms with E-state index in [0.29, 0.717) is 25.2 Å². The van der Waals surface area contributed by atoms with E-state index in [-0.39, 0.29) is 6.04 Å². The Labute approximate surface area is 121 Å². The van der Waals surface area contributed by atoms with Crippen molar-refractivity contribution in [3.05, 3.63) is 29.8 Å². The maximum Gasteiger partial charge on any atom is 0.488 e. The first-order valence-corrected chi connectivity index (χ1v) is 6.75. The molecule has 0 aromatic heterocycles. The largest absolute Gasteiger partial charge is 0.488 e. The van der Waals surface area contributed by atoms with E-state index >= 15 is 0 Å². The van der Waals surface area contributed by atoms with Gasteiger partial charge in [-0.05, 0) is 17.9 Å². The molecule has 0 bridgehead atoms. The minimum Gasteiger partial charge on any atom is -0.423 e. The van der Waals surface area contributed by atoms with Gasteiger partial charge in [-0.25, -0.2) is 0 Å². The molecule has 20 heavy (non-hydrogen) atoms. The monoisotopic (exact) mass is 281 g/mol. The second kappa shape index (κ2) is 9.10. The smallest absolute Gasteiger partial charge is 0.423 e. The van der Waals surface area contributed by atoms with Crippen LogP contribution in [0.25, 0.3) is 0 Å². The molecular formula is C14H24BNO4. The predicted octanol–water partition coefficient (Wildman–Crippen LogP) is -0.150. The van der Waals surface area contributed by atoms with Crippen LogP contribution in [-0.4, -0.2) is 62.1 Å². The highest BCUT2D eigenvalue weighted by Gasteiger charge is 2.16. The minimum absolute atomic E-state index is 0.262. The summed E-state index contributed by atoms with van der Waals surface area (Å²) < 4.78 is 10.3. The maximum atomic E-state index is 9.22. The average molecular weight is 281 g/mol. The fourth-order valence-electron chi connectivity index (χ4n) is 2.10. The molecule has 0 aliphatic carbocycles. The highest BCUT2D eigenvalue weighted by atomic mass is 16.5. The van der Waals surface area contributed by atoms with Crippen molar-refractivity contribution in [2.75, 3.05) is 34.0 Å². The van der Waals surface area contributed by atoms with Crippen molar-refractivity contribution in [2.24, 2.45) is 0 Å². The van der Waals surface area contributed by atoms with Crippen LogP contribution in [0.4, 0.5) is 0 Å². The van der Waals surface area contributed by atoms with E-state index in [1.807, 2.05) is 18.2 Å². The molecule has 0 saturated heterocycles. The average Bonchev–Trinajstić information content (AvgIpc) is 2.44. The lowest BCUT2D eigenvalue weighted by atomic mass is 9.79. The molecule has 0 spiro atoms. The first kappa shape index (κ1) is 17.1. The molecule has 1 aromatic carbocycles. The van der Waals surface area contributed by atoms with Crippen LogP contribution in [0.3, 0.4) is 0 Å². The van der Waals surface area contributed by atoms with Gasteiger partial charge in [0.25, 0.3) is 0 Å². The molecule has 6 heteroatoms. The van der Waals surface area contributed by atoms with E-state index < -0.39 is 7.12 Å². The zero-order valence-corrected chi connectivity index (χ0v) is 12.5. The van der Waals surface area contributed by atoms with E-state index in [9.17, 15) is 10.0 Å². The molecule has 1 atom stereocenters. The van der Waals surface area contributed by atoms with Crippen LogP contribution >= 0.6 is 0 Å². The second-order valence-corrected chi connectivity index (χ2v) is 4.89. The van der Waals surface area contributed by atoms with Crippen molar-refractivity contribution in [1.82, 2.24) is 4.90 Å². The fourth-order valence-corrected chi connectivity index (χ4v) is 2.10. The lowest BCUT2D eigenvalue weighted by Gasteiger charge is -2.28. The van der Waals surface area contributed by atoms with Crippen LogP contribution in [0.15, 0.2) is 24.3 Å². The summed E-state index contributed by atoms with van der Waals surface area (Å²) in [6.45, 7) is 4.91. The van der Waals surface area contributed by atoms with Gasteiger partial charge in [0.1, 0.15) is 0 Å². The number of methoxy groups -OCH3 is 2. The van der Waals surface area contributed by atoms with Gasteiger partial charge in [0.2, 0.25) is 0 Å². The Kier molecular flexibility index (Phi) is 7.80. The summed E-state index contributed by atoms with van der Waals surface area (Å²) in [7, 11) is 1.94. The molecule has 0 fully saturated rings. The van der Waals surface area contributed by atoms with Gasteiger partial charge < -0.3 is 19.5 Å². The van der Waals surface area contributed by atoms with Crippen molar-refractivity contribution in [1.29, 1.82) is 0 Å². The summed E-state index contributed by atoms with van der Waals surface area (Å²) in [5.41, 5.74) is 1.54. The van der Waals surface area contributed by atoms with Gasteiger partial charge in [0, 0.05) is 33.4 Å². The third-order valence-corrected chi connectivity index (χ3v) is 3.25. The van der Waals surface area contributed by atoms with E-state index in [0.717, 1.165) is 12.1 Å². The standard InChI is InChI=1S/C14H24BNO4/c1-12(11-20-3)16(7-8-19-2)10-13-5-4-6-14(9-13)15(17)18/h4-6,9,12,17-18H,7-8,10-11H2,1-3H3. The summed E-state index contributed by atoms with van der Waals surface area (Å²) in [4.78, 5) is 2.25. The summed E-state index contributed by atoms with van der Waals surface area (Å²) >= 11 is 0. The zero-order valence-electron chi connectivity index (χ0n) is 12.5. The molecule has 0 aliphatic heterocycles. The van der Waals surface area contributed by atoms with Crippen LogP contribution < -0.4 is 5.46 Å². The molecule has 1 unspecified atom stereocenters. The predicted molar refractivity (Wildman–Crippen MR) is 79.9 cm³/mol. The Bertz CT molecular complexity index is 389. The van der Waals surface area contributed by atoms with Crippen LogP contribution in [0.5, 0.6) is 0 Å². The van der Waals surface area contributed by atoms with Crippen LogP contribution in [0, 0.1) is 0 Å². The van der Waals surface area contributed by atoms with Gasteiger partial charge in [0.05, 0.1) is 13.2 Å². The molecule has 1 aromatic rings. The van der Waals surface area contributed by atoms with E-state index in [1.54, 1.807) is 20.3 Å². The Hall–Kier alpha value is -0.915. The number of benzene rings is 1. The Balaban J connectivity index is 2.74. The quantitative estimate of drug-likeness (QED) is 0.616. The van der Waals surface area contributed by atoms with Gasteiger partial charge in [-0.3, -0.25) is 4.90 Å². The molecule has 0 amide bonds. The molecule has 0 aliphatic rings. The molecule has 0 saturated carbocycles. The normalized spacial score (nSPS) is 12.7. The number of ether oxygens (including phenoxy) is 2. The minimum atomic E-state index is -1.43. The molecule has 112 valence electrons. The Morgan fingerprint density at radius 1 is 1.25 bits per heavy atom. The molecule has 2 N–H and O–H groups in total. The van der Waals surface area contributed by atoms with Crippen molar-refractivity contribution >= 4 is 12.6 Å². The van der Waals surface area contributed by atoms with Crippen molar-refractivity contribution in [2.45, 2.75) is 19.5 Å². The molecule has 0 heterocycles. The van der Waals surface area contributed by atoms with Crippen molar-refractivity contribution in [3.63, 3.8) is 0 Å². The highest BCUT2D eigenvalue weighted by Crippen LogP contribution is 2.08. The van der Waals surface area contributed by atoms with E-state index in [4.69, 9.17) is 9.47 Å². The third-order valence-electron chi connectivity index (χ3n) is 3.25. The number of hydrogen-bond acceptors (Lipinski definition) is 5. The van der Waals surface area contributed by atoms with Crippen LogP contribution in [-0.2, 0) is 16.0 Å². The van der Waals surface area contributed by atoms with E-state index in [2.05, 4.69) is 11.8 Å². The second-order valence-electron chi connectivity index (χ2n) is 4.89. The highest BCUT2D eigenvalue weighted by molar-refractivity contribution is 6.58. The van der Waals surface area contributed by atoms with Gasteiger partial charge >= 0.3 is 7.12 Å². The first-order chi connectivity index (χ1) is 9.58. The van der Waals surface area contributed by atoms with Crippen molar-refractivity contribution < 1.29 is 19.5 Å². The molecular weight excluding hydrogens is 257 g/mol.